The van der Waals surface area contributed by atoms with Gasteiger partial charge in [-0.3, -0.25) is 4.57 Å². The first-order chi connectivity index (χ1) is 23.0. The highest BCUT2D eigenvalue weighted by Gasteiger charge is 2.39. The maximum absolute atomic E-state index is 12.3. The Morgan fingerprint density at radius 3 is 2.49 bits per heavy atom. The van der Waals surface area contributed by atoms with Gasteiger partial charge in [0.2, 0.25) is 0 Å². The minimum atomic E-state index is -2.06. The van der Waals surface area contributed by atoms with Gasteiger partial charge < -0.3 is 23.5 Å². The van der Waals surface area contributed by atoms with Crippen LogP contribution in [-0.4, -0.2) is 82.2 Å². The van der Waals surface area contributed by atoms with Gasteiger partial charge >= 0.3 is 5.97 Å². The van der Waals surface area contributed by atoms with Gasteiger partial charge in [0.15, 0.2) is 35.6 Å². The maximum Gasteiger partial charge on any atom is 0.357 e. The monoisotopic (exact) mass is 744 g/mol. The van der Waals surface area contributed by atoms with Gasteiger partial charge in [-0.15, -0.1) is 21.5 Å². The highest BCUT2D eigenvalue weighted by atomic mass is 32.1. The Morgan fingerprint density at radius 1 is 1.10 bits per heavy atom. The lowest BCUT2D eigenvalue weighted by Crippen LogP contribution is -2.45. The Kier molecular flexibility index (Phi) is 13.1. The number of fused-ring (bicyclic) bond motifs is 1. The van der Waals surface area contributed by atoms with Gasteiger partial charge in [0.1, 0.15) is 6.73 Å². The van der Waals surface area contributed by atoms with Gasteiger partial charge in [-0.25, -0.2) is 9.78 Å². The van der Waals surface area contributed by atoms with Crippen LogP contribution in [0.1, 0.15) is 43.2 Å². The molecule has 0 aliphatic carbocycles. The minimum absolute atomic E-state index is 0.0536. The number of nitrogens with zero attached hydrogens (tertiary/aromatic N) is 6. The van der Waals surface area contributed by atoms with Crippen LogP contribution < -0.4 is 9.70 Å². The van der Waals surface area contributed by atoms with Crippen LogP contribution in [0.4, 0.5) is 16.8 Å². The summed E-state index contributed by atoms with van der Waals surface area (Å²) >= 11 is 2.95. The molecule has 0 fully saturated rings. The van der Waals surface area contributed by atoms with E-state index in [1.165, 1.54) is 18.4 Å². The van der Waals surface area contributed by atoms with Gasteiger partial charge in [-0.05, 0) is 61.3 Å². The zero-order valence-corrected chi connectivity index (χ0v) is 34.5. The van der Waals surface area contributed by atoms with Gasteiger partial charge in [0, 0.05) is 33.7 Å². The number of aryl methyl sites for hydroxylation is 1. The van der Waals surface area contributed by atoms with Crippen molar-refractivity contribution < 1.29 is 23.4 Å². The van der Waals surface area contributed by atoms with E-state index in [9.17, 15) is 4.79 Å². The topological polar surface area (TPSA) is 113 Å². The fourth-order valence-corrected chi connectivity index (χ4v) is 8.66. The summed E-state index contributed by atoms with van der Waals surface area (Å²) in [5.41, 5.74) is 2.17. The third kappa shape index (κ3) is 10.4. The summed E-state index contributed by atoms with van der Waals surface area (Å²) in [6, 6.07) is 11.3. The van der Waals surface area contributed by atoms with Crippen molar-refractivity contribution in [2.45, 2.75) is 90.8 Å². The molecule has 0 aliphatic rings. The zero-order chi connectivity index (χ0) is 36.0. The molecule has 1 aromatic carbocycles. The third-order valence-electron chi connectivity index (χ3n) is 8.64. The molecule has 11 nitrogen and oxygen atoms in total. The molecular formula is C34H52N6O5S2Si2. The van der Waals surface area contributed by atoms with Crippen LogP contribution in [0.3, 0.4) is 0 Å². The second-order valence-electron chi connectivity index (χ2n) is 14.9. The summed E-state index contributed by atoms with van der Waals surface area (Å²) in [6.45, 7) is 22.3. The average Bonchev–Trinajstić information content (AvgIpc) is 3.64. The lowest BCUT2D eigenvalue weighted by Gasteiger charge is -2.39. The molecule has 0 N–H and O–H groups in total. The van der Waals surface area contributed by atoms with E-state index in [4.69, 9.17) is 23.6 Å². The summed E-state index contributed by atoms with van der Waals surface area (Å²) in [6.07, 6.45) is 0.521. The smallest absolute Gasteiger partial charge is 0.357 e. The molecule has 15 heteroatoms. The van der Waals surface area contributed by atoms with E-state index >= 15 is 0 Å². The molecule has 49 heavy (non-hydrogen) atoms. The number of benzene rings is 1. The Labute approximate surface area is 300 Å². The second kappa shape index (κ2) is 16.5. The predicted octanol–water partition coefficient (Wildman–Crippen LogP) is 8.15. The first kappa shape index (κ1) is 39.0. The number of anilines is 2. The Morgan fingerprint density at radius 2 is 1.84 bits per heavy atom. The second-order valence-corrected chi connectivity index (χ2v) is 27.1. The molecule has 3 aromatic heterocycles. The summed E-state index contributed by atoms with van der Waals surface area (Å²) in [4.78, 5) is 24.7. The summed E-state index contributed by atoms with van der Waals surface area (Å²) in [5.74, 6) is 0.641. The number of hydrogen-bond acceptors (Lipinski definition) is 12. The van der Waals surface area contributed by atoms with Crippen molar-refractivity contribution in [3.63, 3.8) is 0 Å². The van der Waals surface area contributed by atoms with E-state index < -0.39 is 22.4 Å². The van der Waals surface area contributed by atoms with E-state index in [-0.39, 0.29) is 16.8 Å². The number of methoxy groups -OCH3 is 2. The van der Waals surface area contributed by atoms with Crippen LogP contribution >= 0.6 is 22.7 Å². The van der Waals surface area contributed by atoms with Crippen LogP contribution in [0.25, 0.3) is 10.2 Å². The SMILES string of the molecule is COCC(CCN(c1cc(C)c(N=c2sc3ccccc3n2COCC[Si](C)(C)C)nn1)c1nc(C(=O)OC)cs1)O[Si](C)(C)C(C)(C)C. The lowest BCUT2D eigenvalue weighted by atomic mass is 10.2. The van der Waals surface area contributed by atoms with Gasteiger partial charge in [-0.2, -0.15) is 4.99 Å². The number of para-hydroxylation sites is 1. The van der Waals surface area contributed by atoms with Crippen molar-refractivity contribution in [3.8, 4) is 0 Å². The van der Waals surface area contributed by atoms with E-state index in [2.05, 4.69) is 85.4 Å². The molecule has 0 radical (unpaired) electrons. The minimum Gasteiger partial charge on any atom is -0.464 e. The number of ether oxygens (including phenoxy) is 3. The number of carbonyl (C=O) groups is 1. The van der Waals surface area contributed by atoms with E-state index in [1.54, 1.807) is 23.8 Å². The van der Waals surface area contributed by atoms with Crippen LogP contribution in [-0.2, 0) is 25.4 Å². The first-order valence-electron chi connectivity index (χ1n) is 16.6. The molecule has 268 valence electrons. The largest absolute Gasteiger partial charge is 0.464 e. The van der Waals surface area contributed by atoms with Gasteiger partial charge in [0.25, 0.3) is 0 Å². The molecular weight excluding hydrogens is 693 g/mol. The predicted molar refractivity (Wildman–Crippen MR) is 205 cm³/mol. The van der Waals surface area contributed by atoms with Crippen molar-refractivity contribution in [2.75, 3.05) is 38.9 Å². The van der Waals surface area contributed by atoms with Crippen LogP contribution in [0, 0.1) is 6.92 Å². The molecule has 0 spiro atoms. The van der Waals surface area contributed by atoms with Gasteiger partial charge in [0.05, 0.1) is 30.0 Å². The number of rotatable bonds is 16. The van der Waals surface area contributed by atoms with Gasteiger partial charge in [-0.1, -0.05) is 63.9 Å². The molecule has 0 saturated heterocycles. The molecule has 4 aromatic rings. The average molecular weight is 745 g/mol. The summed E-state index contributed by atoms with van der Waals surface area (Å²) < 4.78 is 26.7. The summed E-state index contributed by atoms with van der Waals surface area (Å²) in [5, 5.41) is 11.6. The number of aromatic nitrogens is 4. The maximum atomic E-state index is 12.3. The zero-order valence-electron chi connectivity index (χ0n) is 30.8. The number of thiazole rings is 2. The molecule has 0 saturated carbocycles. The fourth-order valence-electron chi connectivity index (χ4n) is 4.69. The fraction of sp³-hybridized carbons (Fsp3) is 0.559. The van der Waals surface area contributed by atoms with E-state index in [0.717, 1.165) is 33.2 Å². The van der Waals surface area contributed by atoms with Crippen molar-refractivity contribution in [1.29, 1.82) is 0 Å². The lowest BCUT2D eigenvalue weighted by molar-refractivity contribution is 0.0594. The molecule has 4 rings (SSSR count). The van der Waals surface area contributed by atoms with Crippen LogP contribution in [0.5, 0.6) is 0 Å². The number of hydrogen-bond donors (Lipinski definition) is 0. The molecule has 1 unspecified atom stereocenters. The Bertz CT molecular complexity index is 1780. The van der Waals surface area contributed by atoms with Crippen molar-refractivity contribution in [3.05, 3.63) is 51.8 Å². The number of esters is 1. The highest BCUT2D eigenvalue weighted by Crippen LogP contribution is 2.38. The molecule has 1 atom stereocenters. The molecule has 3 heterocycles. The quantitative estimate of drug-likeness (QED) is 0.0637. The van der Waals surface area contributed by atoms with Crippen molar-refractivity contribution in [2.24, 2.45) is 4.99 Å². The first-order valence-corrected chi connectivity index (χ1v) is 24.9. The van der Waals surface area contributed by atoms with Crippen LogP contribution in [0.2, 0.25) is 43.8 Å². The standard InChI is InChI=1S/C34H52N6O5S2Si2/c1-24-20-29(37-38-30(24)36-33-40(23-44-18-19-48(7,8)9)27-14-12-13-15-28(27)47-33)39(32-35-26(22-46-32)31(41)43-6)17-16-25(21-42-5)45-49(10,11)34(2,3)4/h12-15,20,22,25H,16-19,21,23H2,1-11H3. The Balaban J connectivity index is 1.67. The molecule has 0 aliphatic heterocycles. The molecule has 0 amide bonds. The normalized spacial score (nSPS) is 13.7. The van der Waals surface area contributed by atoms with Crippen molar-refractivity contribution in [1.82, 2.24) is 19.7 Å². The number of carbonyl (C=O) groups excluding carboxylic acids is 1. The van der Waals surface area contributed by atoms with E-state index in [0.29, 0.717) is 43.1 Å². The third-order valence-corrected chi connectivity index (χ3v) is 16.8. The summed E-state index contributed by atoms with van der Waals surface area (Å²) in [7, 11) is -0.229. The van der Waals surface area contributed by atoms with Crippen molar-refractivity contribution >= 4 is 72.0 Å². The highest BCUT2D eigenvalue weighted by molar-refractivity contribution is 7.16. The Hall–Kier alpha value is -2.80. The molecule has 0 bridgehead atoms. The van der Waals surface area contributed by atoms with Crippen LogP contribution in [0.15, 0.2) is 40.7 Å². The van der Waals surface area contributed by atoms with E-state index in [1.807, 2.05) is 30.0 Å².